The molecular weight excluding hydrogens is 253 g/mol. The lowest BCUT2D eigenvalue weighted by Crippen LogP contribution is -2.17. The van der Waals surface area contributed by atoms with Gasteiger partial charge in [-0.3, -0.25) is 0 Å². The molecular formula is C16H16FN3. The fourth-order valence-corrected chi connectivity index (χ4v) is 2.04. The smallest absolute Gasteiger partial charge is 0.128 e. The first-order valence-corrected chi connectivity index (χ1v) is 6.31. The first-order valence-electron chi connectivity index (χ1n) is 6.31. The van der Waals surface area contributed by atoms with Crippen LogP contribution in [0, 0.1) is 17.1 Å². The lowest BCUT2D eigenvalue weighted by atomic mass is 10.1. The number of nitriles is 1. The third-order valence-corrected chi connectivity index (χ3v) is 3.20. The van der Waals surface area contributed by atoms with Crippen LogP contribution in [0.25, 0.3) is 0 Å². The molecule has 0 bridgehead atoms. The van der Waals surface area contributed by atoms with Gasteiger partial charge in [0, 0.05) is 30.5 Å². The minimum Gasteiger partial charge on any atom is -0.398 e. The monoisotopic (exact) mass is 269 g/mol. The Morgan fingerprint density at radius 2 is 1.95 bits per heavy atom. The van der Waals surface area contributed by atoms with Gasteiger partial charge in [-0.2, -0.15) is 5.26 Å². The van der Waals surface area contributed by atoms with E-state index in [1.807, 2.05) is 30.1 Å². The van der Waals surface area contributed by atoms with Crippen LogP contribution in [0.1, 0.15) is 11.1 Å². The minimum atomic E-state index is -0.216. The molecule has 0 saturated heterocycles. The van der Waals surface area contributed by atoms with Crippen molar-refractivity contribution in [2.75, 3.05) is 17.7 Å². The van der Waals surface area contributed by atoms with Gasteiger partial charge in [0.15, 0.2) is 0 Å². The van der Waals surface area contributed by atoms with Crippen molar-refractivity contribution in [2.45, 2.75) is 13.0 Å². The Morgan fingerprint density at radius 1 is 1.20 bits per heavy atom. The molecule has 102 valence electrons. The largest absolute Gasteiger partial charge is 0.398 e. The average molecular weight is 269 g/mol. The summed E-state index contributed by atoms with van der Waals surface area (Å²) < 4.78 is 13.6. The highest BCUT2D eigenvalue weighted by atomic mass is 19.1. The van der Waals surface area contributed by atoms with Gasteiger partial charge in [-0.05, 0) is 29.8 Å². The SMILES string of the molecule is CN(Cc1ccccc1F)c1ccc(N)c(CC#N)c1. The lowest BCUT2D eigenvalue weighted by Gasteiger charge is -2.21. The topological polar surface area (TPSA) is 53.0 Å². The predicted molar refractivity (Wildman–Crippen MR) is 78.7 cm³/mol. The van der Waals surface area contributed by atoms with Gasteiger partial charge in [0.1, 0.15) is 5.82 Å². The Morgan fingerprint density at radius 3 is 2.65 bits per heavy atom. The van der Waals surface area contributed by atoms with Crippen molar-refractivity contribution in [1.29, 1.82) is 5.26 Å². The first kappa shape index (κ1) is 13.9. The van der Waals surface area contributed by atoms with Gasteiger partial charge in [-0.15, -0.1) is 0 Å². The van der Waals surface area contributed by atoms with Crippen LogP contribution < -0.4 is 10.6 Å². The highest BCUT2D eigenvalue weighted by Gasteiger charge is 2.08. The van der Waals surface area contributed by atoms with Gasteiger partial charge in [0.25, 0.3) is 0 Å². The number of hydrogen-bond donors (Lipinski definition) is 1. The maximum atomic E-state index is 13.6. The van der Waals surface area contributed by atoms with Gasteiger partial charge in [0.05, 0.1) is 12.5 Å². The molecule has 2 aromatic carbocycles. The standard InChI is InChI=1S/C16H16FN3/c1-20(11-13-4-2-3-5-15(13)17)14-6-7-16(19)12(10-14)8-9-18/h2-7,10H,8,11,19H2,1H3. The van der Waals surface area contributed by atoms with Crippen molar-refractivity contribution in [3.05, 3.63) is 59.4 Å². The van der Waals surface area contributed by atoms with E-state index in [4.69, 9.17) is 11.0 Å². The molecule has 2 N–H and O–H groups in total. The summed E-state index contributed by atoms with van der Waals surface area (Å²) in [4.78, 5) is 1.93. The zero-order valence-corrected chi connectivity index (χ0v) is 11.3. The molecule has 20 heavy (non-hydrogen) atoms. The highest BCUT2D eigenvalue weighted by Crippen LogP contribution is 2.22. The number of halogens is 1. The van der Waals surface area contributed by atoms with Crippen LogP contribution in [0.5, 0.6) is 0 Å². The molecule has 2 aromatic rings. The molecule has 0 aliphatic rings. The molecule has 0 spiro atoms. The van der Waals surface area contributed by atoms with E-state index in [0.717, 1.165) is 11.3 Å². The molecule has 4 heteroatoms. The molecule has 2 rings (SSSR count). The molecule has 0 aromatic heterocycles. The molecule has 0 atom stereocenters. The van der Waals surface area contributed by atoms with E-state index < -0.39 is 0 Å². The third-order valence-electron chi connectivity index (χ3n) is 3.20. The number of rotatable bonds is 4. The maximum Gasteiger partial charge on any atom is 0.128 e. The summed E-state index contributed by atoms with van der Waals surface area (Å²) in [7, 11) is 1.88. The average Bonchev–Trinajstić information content (AvgIpc) is 2.44. The predicted octanol–water partition coefficient (Wildman–Crippen LogP) is 3.11. The van der Waals surface area contributed by atoms with Crippen LogP contribution in [0.15, 0.2) is 42.5 Å². The summed E-state index contributed by atoms with van der Waals surface area (Å²) in [6, 6.07) is 14.3. The van der Waals surface area contributed by atoms with Crippen LogP contribution in [-0.2, 0) is 13.0 Å². The van der Waals surface area contributed by atoms with Crippen molar-refractivity contribution in [2.24, 2.45) is 0 Å². The van der Waals surface area contributed by atoms with E-state index in [2.05, 4.69) is 6.07 Å². The molecule has 0 saturated carbocycles. The van der Waals surface area contributed by atoms with E-state index in [-0.39, 0.29) is 12.2 Å². The fraction of sp³-hybridized carbons (Fsp3) is 0.188. The first-order chi connectivity index (χ1) is 9.61. The Balaban J connectivity index is 2.21. The van der Waals surface area contributed by atoms with Crippen LogP contribution in [-0.4, -0.2) is 7.05 Å². The van der Waals surface area contributed by atoms with E-state index in [0.29, 0.717) is 17.8 Å². The van der Waals surface area contributed by atoms with Gasteiger partial charge >= 0.3 is 0 Å². The number of benzene rings is 2. The number of anilines is 2. The Kier molecular flexibility index (Phi) is 4.21. The van der Waals surface area contributed by atoms with Crippen molar-refractivity contribution < 1.29 is 4.39 Å². The van der Waals surface area contributed by atoms with E-state index in [9.17, 15) is 4.39 Å². The van der Waals surface area contributed by atoms with Crippen LogP contribution in [0.4, 0.5) is 15.8 Å². The second kappa shape index (κ2) is 6.07. The third kappa shape index (κ3) is 3.07. The van der Waals surface area contributed by atoms with Gasteiger partial charge in [0.2, 0.25) is 0 Å². The lowest BCUT2D eigenvalue weighted by molar-refractivity contribution is 0.608. The second-order valence-electron chi connectivity index (χ2n) is 4.67. The number of hydrogen-bond acceptors (Lipinski definition) is 3. The summed E-state index contributed by atoms with van der Waals surface area (Å²) in [5.41, 5.74) is 8.77. The highest BCUT2D eigenvalue weighted by molar-refractivity contribution is 5.59. The zero-order chi connectivity index (χ0) is 14.5. The van der Waals surface area contributed by atoms with Crippen molar-refractivity contribution in [1.82, 2.24) is 0 Å². The van der Waals surface area contributed by atoms with Crippen LogP contribution >= 0.6 is 0 Å². The molecule has 0 unspecified atom stereocenters. The fourth-order valence-electron chi connectivity index (χ4n) is 2.04. The van der Waals surface area contributed by atoms with Gasteiger partial charge < -0.3 is 10.6 Å². The Labute approximate surface area is 118 Å². The minimum absolute atomic E-state index is 0.216. The summed E-state index contributed by atoms with van der Waals surface area (Å²) in [5, 5.41) is 8.78. The van der Waals surface area contributed by atoms with E-state index in [1.165, 1.54) is 6.07 Å². The van der Waals surface area contributed by atoms with Gasteiger partial charge in [-0.25, -0.2) is 4.39 Å². The van der Waals surface area contributed by atoms with E-state index in [1.54, 1.807) is 18.2 Å². The quantitative estimate of drug-likeness (QED) is 0.868. The van der Waals surface area contributed by atoms with Crippen molar-refractivity contribution in [3.63, 3.8) is 0 Å². The molecule has 0 aliphatic carbocycles. The van der Waals surface area contributed by atoms with Gasteiger partial charge in [-0.1, -0.05) is 18.2 Å². The molecule has 0 amide bonds. The Hall–Kier alpha value is -2.54. The molecule has 0 aliphatic heterocycles. The molecule has 3 nitrogen and oxygen atoms in total. The molecule has 0 fully saturated rings. The second-order valence-corrected chi connectivity index (χ2v) is 4.67. The van der Waals surface area contributed by atoms with Crippen LogP contribution in [0.2, 0.25) is 0 Å². The number of nitrogens with two attached hydrogens (primary N) is 1. The van der Waals surface area contributed by atoms with Crippen molar-refractivity contribution >= 4 is 11.4 Å². The summed E-state index contributed by atoms with van der Waals surface area (Å²) in [5.74, 6) is -0.216. The van der Waals surface area contributed by atoms with E-state index >= 15 is 0 Å². The maximum absolute atomic E-state index is 13.6. The van der Waals surface area contributed by atoms with Crippen molar-refractivity contribution in [3.8, 4) is 6.07 Å². The molecule has 0 radical (unpaired) electrons. The van der Waals surface area contributed by atoms with Crippen LogP contribution in [0.3, 0.4) is 0 Å². The summed E-state index contributed by atoms with van der Waals surface area (Å²) >= 11 is 0. The zero-order valence-electron chi connectivity index (χ0n) is 11.3. The summed E-state index contributed by atoms with van der Waals surface area (Å²) in [6.45, 7) is 0.461. The Bertz CT molecular complexity index is 646. The summed E-state index contributed by atoms with van der Waals surface area (Å²) in [6.07, 6.45) is 0.271. The normalized spacial score (nSPS) is 10.1. The number of nitrogens with zero attached hydrogens (tertiary/aromatic N) is 2. The number of nitrogen functional groups attached to an aromatic ring is 1. The molecule has 0 heterocycles.